The monoisotopic (exact) mass is 234 g/mol. The second-order valence-electron chi connectivity index (χ2n) is 4.93. The number of rotatable bonds is 6. The molecule has 0 amide bonds. The second kappa shape index (κ2) is 4.39. The van der Waals surface area contributed by atoms with Crippen molar-refractivity contribution in [2.24, 2.45) is 17.1 Å². The summed E-state index contributed by atoms with van der Waals surface area (Å²) in [6.07, 6.45) is 2.26. The first-order valence-electron chi connectivity index (χ1n) is 5.52. The molecule has 0 aromatic heterocycles. The van der Waals surface area contributed by atoms with E-state index in [1.807, 2.05) is 0 Å². The van der Waals surface area contributed by atoms with Crippen molar-refractivity contribution in [1.29, 1.82) is 0 Å². The van der Waals surface area contributed by atoms with E-state index in [0.29, 0.717) is 12.5 Å². The van der Waals surface area contributed by atoms with Crippen molar-refractivity contribution < 1.29 is 8.42 Å². The van der Waals surface area contributed by atoms with E-state index in [4.69, 9.17) is 5.73 Å². The SMILES string of the molecule is CC(C)C1(CNS(=O)(=O)C(C)CN)CC1. The van der Waals surface area contributed by atoms with Gasteiger partial charge in [0.1, 0.15) is 0 Å². The molecule has 0 aromatic rings. The van der Waals surface area contributed by atoms with E-state index >= 15 is 0 Å². The maximum absolute atomic E-state index is 11.7. The Labute approximate surface area is 92.7 Å². The standard InChI is InChI=1S/C10H22N2O2S/c1-8(2)10(4-5-10)7-12-15(13,14)9(3)6-11/h8-9,12H,4-7,11H2,1-3H3. The van der Waals surface area contributed by atoms with Crippen molar-refractivity contribution in [1.82, 2.24) is 4.72 Å². The van der Waals surface area contributed by atoms with Crippen molar-refractivity contribution in [3.8, 4) is 0 Å². The summed E-state index contributed by atoms with van der Waals surface area (Å²) in [4.78, 5) is 0. The normalized spacial score (nSPS) is 21.7. The van der Waals surface area contributed by atoms with Crippen LogP contribution in [0.2, 0.25) is 0 Å². The summed E-state index contributed by atoms with van der Waals surface area (Å²) in [6.45, 7) is 6.67. The first-order valence-corrected chi connectivity index (χ1v) is 7.07. The average molecular weight is 234 g/mol. The third-order valence-electron chi connectivity index (χ3n) is 3.60. The fourth-order valence-corrected chi connectivity index (χ4v) is 2.66. The minimum absolute atomic E-state index is 0.171. The fraction of sp³-hybridized carbons (Fsp3) is 1.00. The lowest BCUT2D eigenvalue weighted by Crippen LogP contribution is -2.40. The first-order chi connectivity index (χ1) is 6.84. The Hall–Kier alpha value is -0.130. The van der Waals surface area contributed by atoms with Gasteiger partial charge in [0.05, 0.1) is 5.25 Å². The van der Waals surface area contributed by atoms with Gasteiger partial charge < -0.3 is 5.73 Å². The van der Waals surface area contributed by atoms with E-state index in [1.165, 1.54) is 0 Å². The molecule has 1 aliphatic carbocycles. The Morgan fingerprint density at radius 3 is 2.20 bits per heavy atom. The fourth-order valence-electron chi connectivity index (χ4n) is 1.63. The molecule has 1 saturated carbocycles. The van der Waals surface area contributed by atoms with Gasteiger partial charge in [-0.3, -0.25) is 0 Å². The van der Waals surface area contributed by atoms with Gasteiger partial charge in [0.15, 0.2) is 0 Å². The van der Waals surface area contributed by atoms with E-state index in [-0.39, 0.29) is 12.0 Å². The van der Waals surface area contributed by atoms with Crippen LogP contribution < -0.4 is 10.5 Å². The molecule has 1 rings (SSSR count). The van der Waals surface area contributed by atoms with Crippen LogP contribution in [0.1, 0.15) is 33.6 Å². The number of hydrogen-bond donors (Lipinski definition) is 2. The molecule has 1 unspecified atom stereocenters. The lowest BCUT2D eigenvalue weighted by molar-refractivity contribution is 0.357. The molecule has 0 aromatic carbocycles. The molecule has 15 heavy (non-hydrogen) atoms. The summed E-state index contributed by atoms with van der Waals surface area (Å²) < 4.78 is 26.0. The molecule has 0 bridgehead atoms. The van der Waals surface area contributed by atoms with Crippen LogP contribution in [0, 0.1) is 11.3 Å². The highest BCUT2D eigenvalue weighted by molar-refractivity contribution is 7.90. The molecule has 1 aliphatic rings. The minimum Gasteiger partial charge on any atom is -0.329 e. The van der Waals surface area contributed by atoms with Crippen LogP contribution in [0.15, 0.2) is 0 Å². The first kappa shape index (κ1) is 12.9. The lowest BCUT2D eigenvalue weighted by Gasteiger charge is -2.21. The summed E-state index contributed by atoms with van der Waals surface area (Å²) in [5, 5.41) is -0.500. The van der Waals surface area contributed by atoms with Gasteiger partial charge in [-0.25, -0.2) is 13.1 Å². The Kier molecular flexibility index (Phi) is 3.79. The van der Waals surface area contributed by atoms with Crippen LogP contribution in [0.5, 0.6) is 0 Å². The molecule has 0 radical (unpaired) electrons. The van der Waals surface area contributed by atoms with Gasteiger partial charge in [-0.05, 0) is 31.1 Å². The summed E-state index contributed by atoms with van der Waals surface area (Å²) in [5.41, 5.74) is 5.56. The maximum atomic E-state index is 11.7. The van der Waals surface area contributed by atoms with E-state index in [1.54, 1.807) is 6.92 Å². The number of sulfonamides is 1. The molecule has 1 fully saturated rings. The van der Waals surface area contributed by atoms with E-state index in [0.717, 1.165) is 12.8 Å². The van der Waals surface area contributed by atoms with Gasteiger partial charge in [-0.1, -0.05) is 13.8 Å². The van der Waals surface area contributed by atoms with Crippen molar-refractivity contribution in [3.05, 3.63) is 0 Å². The largest absolute Gasteiger partial charge is 0.329 e. The van der Waals surface area contributed by atoms with Gasteiger partial charge in [-0.2, -0.15) is 0 Å². The average Bonchev–Trinajstić information content (AvgIpc) is 2.94. The molecule has 1 atom stereocenters. The predicted octanol–water partition coefficient (Wildman–Crippen LogP) is 0.689. The van der Waals surface area contributed by atoms with E-state index in [2.05, 4.69) is 18.6 Å². The van der Waals surface area contributed by atoms with Gasteiger partial charge in [0.25, 0.3) is 0 Å². The highest BCUT2D eigenvalue weighted by Gasteiger charge is 2.45. The van der Waals surface area contributed by atoms with Crippen molar-refractivity contribution in [2.75, 3.05) is 13.1 Å². The molecular weight excluding hydrogens is 212 g/mol. The summed E-state index contributed by atoms with van der Waals surface area (Å²) in [7, 11) is -3.21. The van der Waals surface area contributed by atoms with Crippen molar-refractivity contribution in [2.45, 2.75) is 38.9 Å². The smallest absolute Gasteiger partial charge is 0.215 e. The third kappa shape index (κ3) is 2.92. The number of nitrogens with one attached hydrogen (secondary N) is 1. The summed E-state index contributed by atoms with van der Waals surface area (Å²) in [5.74, 6) is 0.536. The van der Waals surface area contributed by atoms with Crippen LogP contribution in [0.3, 0.4) is 0 Å². The zero-order chi connectivity index (χ0) is 11.7. The van der Waals surface area contributed by atoms with Gasteiger partial charge in [0, 0.05) is 13.1 Å². The van der Waals surface area contributed by atoms with Crippen molar-refractivity contribution in [3.63, 3.8) is 0 Å². The van der Waals surface area contributed by atoms with E-state index in [9.17, 15) is 8.42 Å². The van der Waals surface area contributed by atoms with Gasteiger partial charge in [0.2, 0.25) is 10.0 Å². The Morgan fingerprint density at radius 2 is 1.87 bits per heavy atom. The zero-order valence-corrected chi connectivity index (χ0v) is 10.6. The van der Waals surface area contributed by atoms with Crippen LogP contribution in [-0.4, -0.2) is 26.8 Å². The lowest BCUT2D eigenvalue weighted by atomic mass is 9.93. The number of nitrogens with two attached hydrogens (primary N) is 1. The van der Waals surface area contributed by atoms with Gasteiger partial charge in [-0.15, -0.1) is 0 Å². The third-order valence-corrected chi connectivity index (χ3v) is 5.40. The highest BCUT2D eigenvalue weighted by atomic mass is 32.2. The van der Waals surface area contributed by atoms with Gasteiger partial charge >= 0.3 is 0 Å². The summed E-state index contributed by atoms with van der Waals surface area (Å²) >= 11 is 0. The second-order valence-corrected chi connectivity index (χ2v) is 7.11. The van der Waals surface area contributed by atoms with Crippen LogP contribution >= 0.6 is 0 Å². The zero-order valence-electron chi connectivity index (χ0n) is 9.79. The van der Waals surface area contributed by atoms with Crippen LogP contribution in [0.4, 0.5) is 0 Å². The Morgan fingerprint density at radius 1 is 1.33 bits per heavy atom. The van der Waals surface area contributed by atoms with Crippen LogP contribution in [-0.2, 0) is 10.0 Å². The molecule has 0 saturated heterocycles. The van der Waals surface area contributed by atoms with E-state index < -0.39 is 15.3 Å². The maximum Gasteiger partial charge on any atom is 0.215 e. The molecule has 3 N–H and O–H groups in total. The molecule has 0 spiro atoms. The quantitative estimate of drug-likeness (QED) is 0.710. The summed E-state index contributed by atoms with van der Waals surface area (Å²) in [6, 6.07) is 0. The molecule has 0 heterocycles. The number of hydrogen-bond acceptors (Lipinski definition) is 3. The predicted molar refractivity (Wildman–Crippen MR) is 61.9 cm³/mol. The Bertz CT molecular complexity index is 307. The molecular formula is C10H22N2O2S. The topological polar surface area (TPSA) is 72.2 Å². The highest BCUT2D eigenvalue weighted by Crippen LogP contribution is 2.51. The molecule has 5 heteroatoms. The Balaban J connectivity index is 2.51. The minimum atomic E-state index is -3.21. The molecule has 0 aliphatic heterocycles. The van der Waals surface area contributed by atoms with Crippen molar-refractivity contribution >= 4 is 10.0 Å². The molecule has 4 nitrogen and oxygen atoms in total. The molecule has 90 valence electrons. The van der Waals surface area contributed by atoms with Crippen LogP contribution in [0.25, 0.3) is 0 Å².